The van der Waals surface area contributed by atoms with E-state index in [9.17, 15) is 0 Å². The lowest BCUT2D eigenvalue weighted by Gasteiger charge is -2.20. The van der Waals surface area contributed by atoms with E-state index in [0.717, 1.165) is 10.9 Å². The van der Waals surface area contributed by atoms with Gasteiger partial charge in [-0.25, -0.2) is 0 Å². The number of hydrogen-bond donors (Lipinski definition) is 1. The van der Waals surface area contributed by atoms with Crippen molar-refractivity contribution in [2.45, 2.75) is 36.5 Å². The Morgan fingerprint density at radius 3 is 2.45 bits per heavy atom. The first-order valence-electron chi connectivity index (χ1n) is 6.86. The second-order valence-corrected chi connectivity index (χ2v) is 7.27. The van der Waals surface area contributed by atoms with E-state index in [4.69, 9.17) is 5.73 Å². The summed E-state index contributed by atoms with van der Waals surface area (Å²) >= 11 is 5.32. The second-order valence-electron chi connectivity index (χ2n) is 4.90. The van der Waals surface area contributed by atoms with Crippen LogP contribution >= 0.6 is 27.7 Å². The minimum atomic E-state index is 0.0462. The van der Waals surface area contributed by atoms with Crippen LogP contribution < -0.4 is 5.73 Å². The van der Waals surface area contributed by atoms with E-state index in [0.29, 0.717) is 5.25 Å². The highest BCUT2D eigenvalue weighted by atomic mass is 79.9. The molecule has 0 heterocycles. The summed E-state index contributed by atoms with van der Waals surface area (Å²) in [6.07, 6.45) is 1.07. The second kappa shape index (κ2) is 7.30. The van der Waals surface area contributed by atoms with E-state index in [1.165, 1.54) is 16.0 Å². The standard InChI is InChI=1S/C17H20BrNS/c1-3-13-7-9-14(10-8-13)17(19)12(2)20-16-6-4-5-15(18)11-16/h4-12,17H,3,19H2,1-2H3. The predicted octanol–water partition coefficient (Wildman–Crippen LogP) is 5.19. The molecule has 2 N–H and O–H groups in total. The lowest BCUT2D eigenvalue weighted by atomic mass is 10.0. The molecule has 0 aliphatic carbocycles. The fourth-order valence-electron chi connectivity index (χ4n) is 2.07. The predicted molar refractivity (Wildman–Crippen MR) is 92.2 cm³/mol. The van der Waals surface area contributed by atoms with Gasteiger partial charge in [0.15, 0.2) is 0 Å². The van der Waals surface area contributed by atoms with E-state index in [1.807, 2.05) is 17.8 Å². The fraction of sp³-hybridized carbons (Fsp3) is 0.294. The summed E-state index contributed by atoms with van der Waals surface area (Å²) < 4.78 is 1.11. The topological polar surface area (TPSA) is 26.0 Å². The lowest BCUT2D eigenvalue weighted by molar-refractivity contribution is 0.714. The van der Waals surface area contributed by atoms with Gasteiger partial charge in [0, 0.05) is 20.7 Å². The van der Waals surface area contributed by atoms with Crippen LogP contribution in [0, 0.1) is 0 Å². The van der Waals surface area contributed by atoms with Gasteiger partial charge in [0.1, 0.15) is 0 Å². The van der Waals surface area contributed by atoms with Gasteiger partial charge < -0.3 is 5.73 Å². The third-order valence-electron chi connectivity index (χ3n) is 3.40. The minimum absolute atomic E-state index is 0.0462. The zero-order valence-corrected chi connectivity index (χ0v) is 14.2. The Bertz CT molecular complexity index is 553. The Labute approximate surface area is 134 Å². The van der Waals surface area contributed by atoms with Crippen molar-refractivity contribution in [1.82, 2.24) is 0 Å². The highest BCUT2D eigenvalue weighted by molar-refractivity contribution is 9.10. The molecule has 2 atom stereocenters. The molecule has 20 heavy (non-hydrogen) atoms. The van der Waals surface area contributed by atoms with Crippen LogP contribution in [0.1, 0.15) is 31.0 Å². The molecule has 2 aromatic rings. The van der Waals surface area contributed by atoms with Crippen molar-refractivity contribution < 1.29 is 0 Å². The molecule has 0 saturated heterocycles. The first kappa shape index (κ1) is 15.6. The molecule has 0 aliphatic heterocycles. The maximum absolute atomic E-state index is 6.38. The fourth-order valence-corrected chi connectivity index (χ4v) is 3.71. The Balaban J connectivity index is 2.05. The van der Waals surface area contributed by atoms with Crippen molar-refractivity contribution >= 4 is 27.7 Å². The van der Waals surface area contributed by atoms with E-state index in [2.05, 4.69) is 72.2 Å². The monoisotopic (exact) mass is 349 g/mol. The molecule has 3 heteroatoms. The quantitative estimate of drug-likeness (QED) is 0.751. The lowest BCUT2D eigenvalue weighted by Crippen LogP contribution is -2.21. The van der Waals surface area contributed by atoms with Crippen LogP contribution in [0.5, 0.6) is 0 Å². The van der Waals surface area contributed by atoms with Crippen LogP contribution in [0.2, 0.25) is 0 Å². The molecule has 0 amide bonds. The zero-order chi connectivity index (χ0) is 14.5. The highest BCUT2D eigenvalue weighted by Gasteiger charge is 2.16. The third-order valence-corrected chi connectivity index (χ3v) is 5.08. The molecule has 2 aromatic carbocycles. The van der Waals surface area contributed by atoms with E-state index in [-0.39, 0.29) is 6.04 Å². The van der Waals surface area contributed by atoms with E-state index < -0.39 is 0 Å². The largest absolute Gasteiger partial charge is 0.323 e. The van der Waals surface area contributed by atoms with Crippen LogP contribution in [0.15, 0.2) is 57.9 Å². The van der Waals surface area contributed by atoms with Crippen LogP contribution in [-0.2, 0) is 6.42 Å². The number of nitrogens with two attached hydrogens (primary N) is 1. The zero-order valence-electron chi connectivity index (χ0n) is 11.8. The number of benzene rings is 2. The molecule has 106 valence electrons. The van der Waals surface area contributed by atoms with E-state index in [1.54, 1.807) is 0 Å². The number of thioether (sulfide) groups is 1. The molecule has 0 fully saturated rings. The van der Waals surface area contributed by atoms with Gasteiger partial charge >= 0.3 is 0 Å². The highest BCUT2D eigenvalue weighted by Crippen LogP contribution is 2.32. The Hall–Kier alpha value is -0.770. The molecule has 0 saturated carbocycles. The molecule has 0 aromatic heterocycles. The Kier molecular flexibility index (Phi) is 5.70. The minimum Gasteiger partial charge on any atom is -0.323 e. The molecule has 2 rings (SSSR count). The van der Waals surface area contributed by atoms with Crippen molar-refractivity contribution in [3.05, 3.63) is 64.1 Å². The smallest absolute Gasteiger partial charge is 0.0416 e. The molecule has 0 aliphatic rings. The molecule has 2 unspecified atom stereocenters. The number of halogens is 1. The summed E-state index contributed by atoms with van der Waals surface area (Å²) in [5, 5.41) is 0.330. The first-order valence-corrected chi connectivity index (χ1v) is 8.54. The molecule has 0 radical (unpaired) electrons. The van der Waals surface area contributed by atoms with Crippen molar-refractivity contribution in [3.63, 3.8) is 0 Å². The molecular formula is C17H20BrNS. The van der Waals surface area contributed by atoms with Crippen LogP contribution in [-0.4, -0.2) is 5.25 Å². The van der Waals surface area contributed by atoms with Crippen molar-refractivity contribution in [2.75, 3.05) is 0 Å². The van der Waals surface area contributed by atoms with Crippen LogP contribution in [0.25, 0.3) is 0 Å². The summed E-state index contributed by atoms with van der Waals surface area (Å²) in [5.74, 6) is 0. The van der Waals surface area contributed by atoms with E-state index >= 15 is 0 Å². The van der Waals surface area contributed by atoms with Crippen molar-refractivity contribution in [1.29, 1.82) is 0 Å². The maximum atomic E-state index is 6.38. The van der Waals surface area contributed by atoms with Crippen LogP contribution in [0.3, 0.4) is 0 Å². The van der Waals surface area contributed by atoms with Gasteiger partial charge in [-0.05, 0) is 35.7 Å². The normalized spacial score (nSPS) is 14.0. The Morgan fingerprint density at radius 2 is 1.85 bits per heavy atom. The summed E-state index contributed by atoms with van der Waals surface area (Å²) in [6.45, 7) is 4.35. The van der Waals surface area contributed by atoms with Gasteiger partial charge in [-0.15, -0.1) is 11.8 Å². The van der Waals surface area contributed by atoms with Gasteiger partial charge in [0.25, 0.3) is 0 Å². The Morgan fingerprint density at radius 1 is 1.15 bits per heavy atom. The maximum Gasteiger partial charge on any atom is 0.0416 e. The average molecular weight is 350 g/mol. The molecule has 1 nitrogen and oxygen atoms in total. The van der Waals surface area contributed by atoms with Gasteiger partial charge in [-0.1, -0.05) is 60.1 Å². The summed E-state index contributed by atoms with van der Waals surface area (Å²) in [4.78, 5) is 1.24. The van der Waals surface area contributed by atoms with Crippen LogP contribution in [0.4, 0.5) is 0 Å². The average Bonchev–Trinajstić information content (AvgIpc) is 2.46. The number of aryl methyl sites for hydroxylation is 1. The summed E-state index contributed by atoms with van der Waals surface area (Å²) in [6, 6.07) is 17.1. The number of hydrogen-bond acceptors (Lipinski definition) is 2. The first-order chi connectivity index (χ1) is 9.60. The number of rotatable bonds is 5. The van der Waals surface area contributed by atoms with Gasteiger partial charge in [-0.3, -0.25) is 0 Å². The van der Waals surface area contributed by atoms with Gasteiger partial charge in [0.05, 0.1) is 0 Å². The summed E-state index contributed by atoms with van der Waals surface area (Å²) in [7, 11) is 0. The molecular weight excluding hydrogens is 330 g/mol. The molecule has 0 spiro atoms. The SMILES string of the molecule is CCc1ccc(C(N)C(C)Sc2cccc(Br)c2)cc1. The third kappa shape index (κ3) is 4.11. The summed E-state index contributed by atoms with van der Waals surface area (Å²) in [5.41, 5.74) is 8.94. The van der Waals surface area contributed by atoms with Crippen molar-refractivity contribution in [2.24, 2.45) is 5.73 Å². The van der Waals surface area contributed by atoms with Crippen molar-refractivity contribution in [3.8, 4) is 0 Å². The van der Waals surface area contributed by atoms with Gasteiger partial charge in [0.2, 0.25) is 0 Å². The van der Waals surface area contributed by atoms with Gasteiger partial charge in [-0.2, -0.15) is 0 Å². The molecule has 0 bridgehead atoms.